The van der Waals surface area contributed by atoms with Crippen molar-refractivity contribution < 1.29 is 0 Å². The zero-order chi connectivity index (χ0) is 13.1. The molecule has 0 spiro atoms. The monoisotopic (exact) mass is 259 g/mol. The summed E-state index contributed by atoms with van der Waals surface area (Å²) in [5.41, 5.74) is 4.09. The number of thiophene rings is 1. The van der Waals surface area contributed by atoms with E-state index in [4.69, 9.17) is 0 Å². The van der Waals surface area contributed by atoms with Gasteiger partial charge in [-0.05, 0) is 44.9 Å². The number of nitrogens with one attached hydrogen (secondary N) is 1. The van der Waals surface area contributed by atoms with E-state index in [1.807, 2.05) is 11.3 Å². The number of benzene rings is 1. The zero-order valence-corrected chi connectivity index (χ0v) is 12.4. The highest BCUT2D eigenvalue weighted by molar-refractivity contribution is 7.12. The summed E-state index contributed by atoms with van der Waals surface area (Å²) in [5.74, 6) is 0. The van der Waals surface area contributed by atoms with E-state index in [0.29, 0.717) is 6.04 Å². The van der Waals surface area contributed by atoms with Crippen molar-refractivity contribution in [3.8, 4) is 0 Å². The molecule has 2 heteroatoms. The lowest BCUT2D eigenvalue weighted by molar-refractivity contribution is 0.574. The Kier molecular flexibility index (Phi) is 4.20. The van der Waals surface area contributed by atoms with Gasteiger partial charge in [-0.2, -0.15) is 0 Å². The molecule has 0 radical (unpaired) electrons. The summed E-state index contributed by atoms with van der Waals surface area (Å²) >= 11 is 1.88. The third-order valence-corrected chi connectivity index (χ3v) is 4.33. The van der Waals surface area contributed by atoms with Gasteiger partial charge in [0.15, 0.2) is 0 Å². The summed E-state index contributed by atoms with van der Waals surface area (Å²) in [5, 5.41) is 3.60. The molecule has 2 rings (SSSR count). The van der Waals surface area contributed by atoms with Crippen LogP contribution in [0.4, 0.5) is 0 Å². The highest BCUT2D eigenvalue weighted by Gasteiger charge is 2.07. The smallest absolute Gasteiger partial charge is 0.0294 e. The van der Waals surface area contributed by atoms with Gasteiger partial charge in [0.2, 0.25) is 0 Å². The lowest BCUT2D eigenvalue weighted by Gasteiger charge is -2.14. The third kappa shape index (κ3) is 3.21. The molecule has 1 nitrogen and oxygen atoms in total. The minimum atomic E-state index is 0.394. The quantitative estimate of drug-likeness (QED) is 0.851. The molecule has 1 aromatic heterocycles. The molecular formula is C16H21NS. The molecule has 0 aliphatic rings. The maximum Gasteiger partial charge on any atom is 0.0294 e. The summed E-state index contributed by atoms with van der Waals surface area (Å²) in [6.07, 6.45) is 0. The Morgan fingerprint density at radius 3 is 2.33 bits per heavy atom. The average Bonchev–Trinajstić information content (AvgIpc) is 2.66. The van der Waals surface area contributed by atoms with E-state index >= 15 is 0 Å². The molecule has 2 aromatic rings. The van der Waals surface area contributed by atoms with Gasteiger partial charge in [-0.3, -0.25) is 0 Å². The Hall–Kier alpha value is -1.12. The summed E-state index contributed by atoms with van der Waals surface area (Å²) in [7, 11) is 0. The van der Waals surface area contributed by atoms with E-state index in [1.165, 1.54) is 26.4 Å². The van der Waals surface area contributed by atoms with E-state index in [-0.39, 0.29) is 0 Å². The van der Waals surface area contributed by atoms with Gasteiger partial charge in [0.05, 0.1) is 0 Å². The van der Waals surface area contributed by atoms with Gasteiger partial charge in [-0.1, -0.05) is 29.8 Å². The molecule has 18 heavy (non-hydrogen) atoms. The zero-order valence-electron chi connectivity index (χ0n) is 11.6. The Labute approximate surface area is 114 Å². The number of hydrogen-bond donors (Lipinski definition) is 1. The number of rotatable bonds is 4. The molecule has 1 atom stereocenters. The summed E-state index contributed by atoms with van der Waals surface area (Å²) in [6, 6.07) is 11.4. The average molecular weight is 259 g/mol. The van der Waals surface area contributed by atoms with Crippen molar-refractivity contribution >= 4 is 11.3 Å². The van der Waals surface area contributed by atoms with E-state index in [0.717, 1.165) is 6.54 Å². The third-order valence-electron chi connectivity index (χ3n) is 3.32. The molecule has 0 saturated carbocycles. The van der Waals surface area contributed by atoms with Crippen LogP contribution in [0.3, 0.4) is 0 Å². The molecule has 0 fully saturated rings. The second kappa shape index (κ2) is 5.68. The lowest BCUT2D eigenvalue weighted by Crippen LogP contribution is -2.18. The molecule has 0 bridgehead atoms. The predicted octanol–water partition coefficient (Wildman–Crippen LogP) is 4.52. The van der Waals surface area contributed by atoms with Gasteiger partial charge in [0.1, 0.15) is 0 Å². The Morgan fingerprint density at radius 1 is 1.11 bits per heavy atom. The fourth-order valence-electron chi connectivity index (χ4n) is 2.10. The second-order valence-electron chi connectivity index (χ2n) is 4.95. The molecule has 1 aromatic carbocycles. The first-order chi connectivity index (χ1) is 8.56. The molecule has 1 heterocycles. The fraction of sp³-hybridized carbons (Fsp3) is 0.375. The van der Waals surface area contributed by atoms with Crippen molar-refractivity contribution in [1.82, 2.24) is 5.32 Å². The first-order valence-electron chi connectivity index (χ1n) is 6.42. The molecule has 0 amide bonds. The molecule has 0 aliphatic carbocycles. The van der Waals surface area contributed by atoms with E-state index < -0.39 is 0 Å². The van der Waals surface area contributed by atoms with E-state index in [9.17, 15) is 0 Å². The van der Waals surface area contributed by atoms with Crippen LogP contribution in [0.25, 0.3) is 0 Å². The maximum absolute atomic E-state index is 3.60. The van der Waals surface area contributed by atoms with Crippen LogP contribution in [0.5, 0.6) is 0 Å². The van der Waals surface area contributed by atoms with Crippen LogP contribution in [0.15, 0.2) is 30.3 Å². The van der Waals surface area contributed by atoms with Crippen LogP contribution in [-0.2, 0) is 6.54 Å². The van der Waals surface area contributed by atoms with Crippen molar-refractivity contribution in [2.45, 2.75) is 40.3 Å². The normalized spacial score (nSPS) is 12.7. The van der Waals surface area contributed by atoms with Crippen molar-refractivity contribution in [2.24, 2.45) is 0 Å². The van der Waals surface area contributed by atoms with Gasteiger partial charge >= 0.3 is 0 Å². The predicted molar refractivity (Wildman–Crippen MR) is 80.2 cm³/mol. The largest absolute Gasteiger partial charge is 0.306 e. The second-order valence-corrected chi connectivity index (χ2v) is 6.41. The van der Waals surface area contributed by atoms with Gasteiger partial charge in [0, 0.05) is 22.3 Å². The van der Waals surface area contributed by atoms with Crippen molar-refractivity contribution in [1.29, 1.82) is 0 Å². The highest BCUT2D eigenvalue weighted by atomic mass is 32.1. The number of aryl methyl sites for hydroxylation is 3. The van der Waals surface area contributed by atoms with Crippen LogP contribution in [0.2, 0.25) is 0 Å². The van der Waals surface area contributed by atoms with Crippen LogP contribution < -0.4 is 5.32 Å². The topological polar surface area (TPSA) is 12.0 Å². The van der Waals surface area contributed by atoms with Gasteiger partial charge < -0.3 is 5.32 Å². The Morgan fingerprint density at radius 2 is 1.78 bits per heavy atom. The van der Waals surface area contributed by atoms with E-state index in [1.54, 1.807) is 0 Å². The summed E-state index contributed by atoms with van der Waals surface area (Å²) < 4.78 is 0. The fourth-order valence-corrected chi connectivity index (χ4v) is 3.04. The van der Waals surface area contributed by atoms with Gasteiger partial charge in [-0.25, -0.2) is 0 Å². The maximum atomic E-state index is 3.60. The van der Waals surface area contributed by atoms with Crippen LogP contribution in [0.1, 0.15) is 39.4 Å². The highest BCUT2D eigenvalue weighted by Crippen LogP contribution is 2.21. The van der Waals surface area contributed by atoms with E-state index in [2.05, 4.69) is 63.3 Å². The van der Waals surface area contributed by atoms with Gasteiger partial charge in [0.25, 0.3) is 0 Å². The molecule has 0 aliphatic heterocycles. The van der Waals surface area contributed by atoms with Crippen LogP contribution in [-0.4, -0.2) is 0 Å². The first kappa shape index (κ1) is 13.3. The van der Waals surface area contributed by atoms with Crippen LogP contribution in [0, 0.1) is 20.8 Å². The van der Waals surface area contributed by atoms with Crippen LogP contribution >= 0.6 is 11.3 Å². The Balaban J connectivity index is 1.98. The molecule has 0 saturated heterocycles. The van der Waals surface area contributed by atoms with Crippen molar-refractivity contribution in [2.75, 3.05) is 0 Å². The number of hydrogen-bond acceptors (Lipinski definition) is 2. The summed E-state index contributed by atoms with van der Waals surface area (Å²) in [6.45, 7) is 9.67. The summed E-state index contributed by atoms with van der Waals surface area (Å²) in [4.78, 5) is 2.82. The Bertz CT molecular complexity index is 510. The lowest BCUT2D eigenvalue weighted by atomic mass is 10.1. The molecular weight excluding hydrogens is 238 g/mol. The molecule has 96 valence electrons. The SMILES string of the molecule is Cc1ccc([C@@H](C)NCc2cc(C)sc2C)cc1. The molecule has 0 unspecified atom stereocenters. The van der Waals surface area contributed by atoms with Gasteiger partial charge in [-0.15, -0.1) is 11.3 Å². The first-order valence-corrected chi connectivity index (χ1v) is 7.24. The minimum Gasteiger partial charge on any atom is -0.306 e. The standard InChI is InChI=1S/C16H21NS/c1-11-5-7-15(8-6-11)13(3)17-10-16-9-12(2)18-14(16)4/h5-9,13,17H,10H2,1-4H3/t13-/m1/s1. The van der Waals surface area contributed by atoms with Crippen molar-refractivity contribution in [3.05, 3.63) is 56.8 Å². The van der Waals surface area contributed by atoms with Crippen molar-refractivity contribution in [3.63, 3.8) is 0 Å². The molecule has 1 N–H and O–H groups in total. The minimum absolute atomic E-state index is 0.394.